The highest BCUT2D eigenvalue weighted by Crippen LogP contribution is 2.29. The van der Waals surface area contributed by atoms with Gasteiger partial charge in [-0.15, -0.1) is 0 Å². The lowest BCUT2D eigenvalue weighted by Gasteiger charge is -2.10. The van der Waals surface area contributed by atoms with Crippen LogP contribution in [0.4, 0.5) is 22.0 Å². The zero-order chi connectivity index (χ0) is 23.2. The third kappa shape index (κ3) is 10.3. The first-order chi connectivity index (χ1) is 14.8. The van der Waals surface area contributed by atoms with Gasteiger partial charge in [0.25, 0.3) is 0 Å². The highest BCUT2D eigenvalue weighted by molar-refractivity contribution is 5.72. The quantitative estimate of drug-likeness (QED) is 0.0939. The number of nitrogens with zero attached hydrogens (tertiary/aromatic N) is 1. The van der Waals surface area contributed by atoms with Crippen LogP contribution in [0.15, 0.2) is 0 Å². The number of rotatable bonds is 16. The summed E-state index contributed by atoms with van der Waals surface area (Å²) in [6, 6.07) is 0. The van der Waals surface area contributed by atoms with Crippen molar-refractivity contribution in [3.8, 4) is 5.75 Å². The molecular weight excluding hydrogens is 433 g/mol. The van der Waals surface area contributed by atoms with Gasteiger partial charge in [0.1, 0.15) is 0 Å². The Labute approximate surface area is 176 Å². The fourth-order valence-electron chi connectivity index (χ4n) is 2.00. The van der Waals surface area contributed by atoms with Gasteiger partial charge in [0.15, 0.2) is 0 Å². The maximum Gasteiger partial charge on any atom is 0.313 e. The fourth-order valence-corrected chi connectivity index (χ4v) is 2.00. The standard InChI is InChI=1S/C19H26F5NO6/c1-25(2)4-6-28-8-10-30-12-11-29-9-7-27-5-3-13(26)31-19-17(23)15(21)14(20)16(22)18(19)24/h3-12H2,1-2H3. The van der Waals surface area contributed by atoms with Crippen LogP contribution >= 0.6 is 0 Å². The summed E-state index contributed by atoms with van der Waals surface area (Å²) in [5.41, 5.74) is 0. The van der Waals surface area contributed by atoms with Crippen LogP contribution in [-0.2, 0) is 23.7 Å². The van der Waals surface area contributed by atoms with Gasteiger partial charge in [-0.25, -0.2) is 13.2 Å². The minimum Gasteiger partial charge on any atom is -0.420 e. The van der Waals surface area contributed by atoms with Gasteiger partial charge < -0.3 is 28.6 Å². The van der Waals surface area contributed by atoms with E-state index in [1.165, 1.54) is 0 Å². The molecule has 0 aliphatic rings. The van der Waals surface area contributed by atoms with Gasteiger partial charge >= 0.3 is 5.97 Å². The SMILES string of the molecule is CN(C)CCOCCOCCOCCOCCC(=O)Oc1c(F)c(F)c(F)c(F)c1F. The van der Waals surface area contributed by atoms with Crippen molar-refractivity contribution in [2.45, 2.75) is 6.42 Å². The maximum absolute atomic E-state index is 13.4. The zero-order valence-electron chi connectivity index (χ0n) is 17.4. The van der Waals surface area contributed by atoms with E-state index < -0.39 is 47.2 Å². The van der Waals surface area contributed by atoms with Crippen molar-refractivity contribution in [2.24, 2.45) is 0 Å². The molecule has 0 aliphatic heterocycles. The largest absolute Gasteiger partial charge is 0.420 e. The Bertz CT molecular complexity index is 663. The predicted octanol–water partition coefficient (Wildman–Crippen LogP) is 2.31. The first kappa shape index (κ1) is 27.2. The molecule has 1 aromatic rings. The summed E-state index contributed by atoms with van der Waals surface area (Å²) in [6.07, 6.45) is -0.462. The van der Waals surface area contributed by atoms with Crippen LogP contribution in [0, 0.1) is 29.1 Å². The van der Waals surface area contributed by atoms with Crippen molar-refractivity contribution >= 4 is 5.97 Å². The van der Waals surface area contributed by atoms with Crippen LogP contribution in [0.3, 0.4) is 0 Å². The number of carbonyl (C=O) groups is 1. The number of benzene rings is 1. The van der Waals surface area contributed by atoms with Crippen LogP contribution in [0.25, 0.3) is 0 Å². The van der Waals surface area contributed by atoms with Gasteiger partial charge in [-0.3, -0.25) is 4.79 Å². The lowest BCUT2D eigenvalue weighted by Crippen LogP contribution is -2.19. The fraction of sp³-hybridized carbons (Fsp3) is 0.632. The Morgan fingerprint density at radius 2 is 1.03 bits per heavy atom. The van der Waals surface area contributed by atoms with E-state index in [-0.39, 0.29) is 19.8 Å². The second-order valence-electron chi connectivity index (χ2n) is 6.38. The highest BCUT2D eigenvalue weighted by Gasteiger charge is 2.28. The van der Waals surface area contributed by atoms with Crippen LogP contribution < -0.4 is 4.74 Å². The number of carbonyl (C=O) groups excluding carboxylic acids is 1. The lowest BCUT2D eigenvalue weighted by atomic mass is 10.2. The molecule has 0 bridgehead atoms. The smallest absolute Gasteiger partial charge is 0.313 e. The summed E-state index contributed by atoms with van der Waals surface area (Å²) in [5, 5.41) is 0. The summed E-state index contributed by atoms with van der Waals surface area (Å²) in [5.74, 6) is -14.0. The monoisotopic (exact) mass is 459 g/mol. The zero-order valence-corrected chi connectivity index (χ0v) is 17.4. The van der Waals surface area contributed by atoms with E-state index in [0.29, 0.717) is 33.0 Å². The molecule has 0 fully saturated rings. The Kier molecular flexibility index (Phi) is 13.2. The van der Waals surface area contributed by atoms with Gasteiger partial charge in [0, 0.05) is 6.54 Å². The third-order valence-electron chi connectivity index (χ3n) is 3.63. The molecule has 0 amide bonds. The van der Waals surface area contributed by atoms with Crippen LogP contribution in [-0.4, -0.2) is 84.4 Å². The predicted molar refractivity (Wildman–Crippen MR) is 98.3 cm³/mol. The molecule has 0 saturated heterocycles. The van der Waals surface area contributed by atoms with Crippen molar-refractivity contribution in [1.29, 1.82) is 0 Å². The normalized spacial score (nSPS) is 11.4. The van der Waals surface area contributed by atoms with Crippen molar-refractivity contribution in [3.05, 3.63) is 29.1 Å². The number of esters is 1. The molecule has 0 atom stereocenters. The molecule has 1 aromatic carbocycles. The van der Waals surface area contributed by atoms with Gasteiger partial charge in [-0.1, -0.05) is 0 Å². The average molecular weight is 459 g/mol. The second kappa shape index (κ2) is 15.0. The van der Waals surface area contributed by atoms with Crippen molar-refractivity contribution in [3.63, 3.8) is 0 Å². The minimum absolute atomic E-state index is 0.115. The van der Waals surface area contributed by atoms with E-state index in [1.54, 1.807) is 0 Å². The number of hydrogen-bond acceptors (Lipinski definition) is 7. The van der Waals surface area contributed by atoms with Gasteiger partial charge in [-0.05, 0) is 14.1 Å². The molecular formula is C19H26F5NO6. The van der Waals surface area contributed by atoms with Crippen LogP contribution in [0.2, 0.25) is 0 Å². The molecule has 12 heteroatoms. The van der Waals surface area contributed by atoms with Crippen molar-refractivity contribution in [2.75, 3.05) is 73.5 Å². The Hall–Kier alpha value is -1.86. The van der Waals surface area contributed by atoms with Gasteiger partial charge in [0.05, 0.1) is 59.3 Å². The first-order valence-electron chi connectivity index (χ1n) is 9.43. The van der Waals surface area contributed by atoms with Gasteiger partial charge in [-0.2, -0.15) is 8.78 Å². The van der Waals surface area contributed by atoms with E-state index in [0.717, 1.165) is 6.54 Å². The summed E-state index contributed by atoms with van der Waals surface area (Å²) in [4.78, 5) is 13.5. The third-order valence-corrected chi connectivity index (χ3v) is 3.63. The van der Waals surface area contributed by atoms with Crippen LogP contribution in [0.1, 0.15) is 6.42 Å². The van der Waals surface area contributed by atoms with E-state index >= 15 is 0 Å². The lowest BCUT2D eigenvalue weighted by molar-refractivity contribution is -0.136. The number of halogens is 5. The highest BCUT2D eigenvalue weighted by atomic mass is 19.2. The van der Waals surface area contributed by atoms with Crippen molar-refractivity contribution < 1.29 is 50.4 Å². The molecule has 1 rings (SSSR count). The summed E-state index contributed by atoms with van der Waals surface area (Å²) in [7, 11) is 3.90. The van der Waals surface area contributed by atoms with E-state index in [9.17, 15) is 26.7 Å². The van der Waals surface area contributed by atoms with Crippen molar-refractivity contribution in [1.82, 2.24) is 4.90 Å². The molecule has 0 radical (unpaired) electrons. The number of hydrogen-bond donors (Lipinski definition) is 0. The molecule has 0 spiro atoms. The molecule has 31 heavy (non-hydrogen) atoms. The Morgan fingerprint density at radius 1 is 0.645 bits per heavy atom. The van der Waals surface area contributed by atoms with E-state index in [4.69, 9.17) is 18.9 Å². The summed E-state index contributed by atoms with van der Waals surface area (Å²) >= 11 is 0. The maximum atomic E-state index is 13.4. The number of ether oxygens (including phenoxy) is 5. The minimum atomic E-state index is -2.34. The topological polar surface area (TPSA) is 66.5 Å². The summed E-state index contributed by atoms with van der Waals surface area (Å²) in [6.45, 7) is 3.19. The average Bonchev–Trinajstić information content (AvgIpc) is 2.74. The van der Waals surface area contributed by atoms with E-state index in [2.05, 4.69) is 4.74 Å². The molecule has 0 saturated carbocycles. The Morgan fingerprint density at radius 3 is 1.48 bits per heavy atom. The molecule has 0 heterocycles. The second-order valence-corrected chi connectivity index (χ2v) is 6.38. The van der Waals surface area contributed by atoms with Gasteiger partial charge in [0.2, 0.25) is 34.8 Å². The Balaban J connectivity index is 2.06. The first-order valence-corrected chi connectivity index (χ1v) is 9.43. The molecule has 178 valence electrons. The molecule has 0 aromatic heterocycles. The molecule has 0 N–H and O–H groups in total. The summed E-state index contributed by atoms with van der Waals surface area (Å²) < 4.78 is 91.0. The molecule has 0 unspecified atom stereocenters. The van der Waals surface area contributed by atoms with E-state index in [1.807, 2.05) is 19.0 Å². The molecule has 0 aliphatic carbocycles. The van der Waals surface area contributed by atoms with Crippen LogP contribution in [0.5, 0.6) is 5.75 Å². The molecule has 7 nitrogen and oxygen atoms in total. The number of likely N-dealkylation sites (N-methyl/N-ethyl adjacent to an activating group) is 1.